The van der Waals surface area contributed by atoms with E-state index < -0.39 is 17.4 Å². The Morgan fingerprint density at radius 1 is 1.09 bits per heavy atom. The van der Waals surface area contributed by atoms with E-state index in [1.807, 2.05) is 0 Å². The van der Waals surface area contributed by atoms with Gasteiger partial charge in [0.25, 0.3) is 5.91 Å². The molecule has 2 aliphatic heterocycles. The van der Waals surface area contributed by atoms with Crippen LogP contribution in [0.3, 0.4) is 0 Å². The van der Waals surface area contributed by atoms with Gasteiger partial charge in [-0.3, -0.25) is 14.5 Å². The molecule has 7 nitrogen and oxygen atoms in total. The number of rotatable bonds is 5. The second kappa shape index (κ2) is 9.55. The number of nitrogens with two attached hydrogens (primary N) is 1. The molecule has 2 heterocycles. The second-order valence-electron chi connectivity index (χ2n) is 8.01. The fraction of sp³-hybridized carbons (Fsp3) is 0.364. The van der Waals surface area contributed by atoms with Gasteiger partial charge in [-0.1, -0.05) is 41.4 Å². The van der Waals surface area contributed by atoms with Gasteiger partial charge < -0.3 is 20.6 Å². The Hall–Kier alpha value is -1.87. The number of likely N-dealkylation sites (N-methyl/N-ethyl adjacent to an activating group) is 1. The van der Waals surface area contributed by atoms with Crippen molar-refractivity contribution in [2.75, 3.05) is 51.2 Å². The van der Waals surface area contributed by atoms with Crippen molar-refractivity contribution in [2.24, 2.45) is 5.73 Å². The maximum absolute atomic E-state index is 13.6. The maximum atomic E-state index is 13.6. The van der Waals surface area contributed by atoms with Crippen LogP contribution in [0.15, 0.2) is 36.4 Å². The molecular weight excluding hydrogens is 475 g/mol. The molecule has 1 unspecified atom stereocenters. The summed E-state index contributed by atoms with van der Waals surface area (Å²) >= 11 is 12.9. The second-order valence-corrected chi connectivity index (χ2v) is 8.82. The van der Waals surface area contributed by atoms with Crippen LogP contribution in [-0.4, -0.2) is 73.0 Å². The van der Waals surface area contributed by atoms with E-state index in [9.17, 15) is 14.7 Å². The van der Waals surface area contributed by atoms with Crippen molar-refractivity contribution in [3.8, 4) is 0 Å². The lowest BCUT2D eigenvalue weighted by Crippen LogP contribution is -2.48. The van der Waals surface area contributed by atoms with Crippen molar-refractivity contribution >= 4 is 53.1 Å². The van der Waals surface area contributed by atoms with E-state index in [-0.39, 0.29) is 39.1 Å². The normalized spacial score (nSPS) is 21.4. The molecule has 2 aromatic rings. The summed E-state index contributed by atoms with van der Waals surface area (Å²) in [4.78, 5) is 31.4. The highest BCUT2D eigenvalue weighted by Gasteiger charge is 2.53. The summed E-state index contributed by atoms with van der Waals surface area (Å²) in [6.07, 6.45) is 0. The summed E-state index contributed by atoms with van der Waals surface area (Å²) in [5.74, 6) is -1.21. The zero-order valence-corrected chi connectivity index (χ0v) is 19.9. The number of piperazine rings is 1. The van der Waals surface area contributed by atoms with Crippen LogP contribution in [0.1, 0.15) is 21.5 Å². The van der Waals surface area contributed by atoms with Crippen LogP contribution in [-0.2, 0) is 10.4 Å². The van der Waals surface area contributed by atoms with Gasteiger partial charge in [0.15, 0.2) is 5.60 Å². The number of fused-ring (bicyclic) bond motifs is 1. The van der Waals surface area contributed by atoms with Gasteiger partial charge >= 0.3 is 0 Å². The van der Waals surface area contributed by atoms with Crippen molar-refractivity contribution in [1.29, 1.82) is 0 Å². The van der Waals surface area contributed by atoms with Crippen LogP contribution in [0.5, 0.6) is 0 Å². The van der Waals surface area contributed by atoms with Crippen LogP contribution in [0.4, 0.5) is 5.69 Å². The van der Waals surface area contributed by atoms with Crippen molar-refractivity contribution in [2.45, 2.75) is 5.60 Å². The highest BCUT2D eigenvalue weighted by Crippen LogP contribution is 2.49. The standard InChI is InChI=1S/C22H24Cl2N4O3.ClH/c1-26-6-8-27(9-7-26)10-11-28-18-13-14(20(25)29)12-17(24)19(18)22(31,21(28)30)15-4-2-3-5-16(15)23;/h2-5,12-13,31H,6-11H2,1H3,(H2,25,29);1H. The zero-order valence-electron chi connectivity index (χ0n) is 17.6. The zero-order chi connectivity index (χ0) is 22.3. The van der Waals surface area contributed by atoms with Crippen molar-refractivity contribution < 1.29 is 14.7 Å². The first-order valence-corrected chi connectivity index (χ1v) is 10.8. The molecule has 4 rings (SSSR count). The number of primary amides is 1. The molecule has 32 heavy (non-hydrogen) atoms. The molecule has 2 aromatic carbocycles. The summed E-state index contributed by atoms with van der Waals surface area (Å²) in [5, 5.41) is 12.1. The van der Waals surface area contributed by atoms with Crippen molar-refractivity contribution in [1.82, 2.24) is 9.80 Å². The SMILES string of the molecule is CN1CCN(CCN2C(=O)C(O)(c3ccccc3Cl)c3c(Cl)cc(C(N)=O)cc32)CC1.Cl. The van der Waals surface area contributed by atoms with Crippen LogP contribution in [0.25, 0.3) is 0 Å². The minimum atomic E-state index is -2.05. The number of nitrogens with zero attached hydrogens (tertiary/aromatic N) is 3. The largest absolute Gasteiger partial charge is 0.372 e. The predicted octanol–water partition coefficient (Wildman–Crippen LogP) is 2.34. The van der Waals surface area contributed by atoms with Gasteiger partial charge in [-0.05, 0) is 25.2 Å². The summed E-state index contributed by atoms with van der Waals surface area (Å²) < 4.78 is 0. The van der Waals surface area contributed by atoms with E-state index in [0.717, 1.165) is 26.2 Å². The molecule has 2 amide bonds. The Balaban J connectivity index is 0.00000289. The third-order valence-electron chi connectivity index (χ3n) is 6.06. The molecule has 1 atom stereocenters. The van der Waals surface area contributed by atoms with E-state index >= 15 is 0 Å². The monoisotopic (exact) mass is 498 g/mol. The van der Waals surface area contributed by atoms with E-state index in [0.29, 0.717) is 18.8 Å². The number of carbonyl (C=O) groups excluding carboxylic acids is 2. The molecule has 0 radical (unpaired) electrons. The molecule has 2 aliphatic rings. The first-order valence-electron chi connectivity index (χ1n) is 10.1. The van der Waals surface area contributed by atoms with E-state index in [4.69, 9.17) is 28.9 Å². The number of hydrogen-bond acceptors (Lipinski definition) is 5. The molecule has 10 heteroatoms. The van der Waals surface area contributed by atoms with Crippen molar-refractivity contribution in [3.05, 3.63) is 63.1 Å². The molecular formula is C22H25Cl3N4O3. The maximum Gasteiger partial charge on any atom is 0.268 e. The topological polar surface area (TPSA) is 90.1 Å². The predicted molar refractivity (Wildman–Crippen MR) is 128 cm³/mol. The highest BCUT2D eigenvalue weighted by molar-refractivity contribution is 6.35. The van der Waals surface area contributed by atoms with Gasteiger partial charge in [-0.15, -0.1) is 12.4 Å². The minimum absolute atomic E-state index is 0. The van der Waals surface area contributed by atoms with E-state index in [1.165, 1.54) is 17.0 Å². The van der Waals surface area contributed by atoms with Gasteiger partial charge in [-0.2, -0.15) is 0 Å². The van der Waals surface area contributed by atoms with Crippen LogP contribution < -0.4 is 10.6 Å². The van der Waals surface area contributed by atoms with E-state index in [1.54, 1.807) is 24.3 Å². The average Bonchev–Trinajstić information content (AvgIpc) is 2.96. The fourth-order valence-electron chi connectivity index (χ4n) is 4.26. The molecule has 172 valence electrons. The molecule has 3 N–H and O–H groups in total. The Kier molecular flexibility index (Phi) is 7.39. The summed E-state index contributed by atoms with van der Waals surface area (Å²) in [6.45, 7) is 4.64. The van der Waals surface area contributed by atoms with Crippen LogP contribution >= 0.6 is 35.6 Å². The smallest absolute Gasteiger partial charge is 0.268 e. The number of benzene rings is 2. The van der Waals surface area contributed by atoms with E-state index in [2.05, 4.69) is 16.8 Å². The van der Waals surface area contributed by atoms with Gasteiger partial charge in [0.1, 0.15) is 0 Å². The van der Waals surface area contributed by atoms with Gasteiger partial charge in [0.05, 0.1) is 10.7 Å². The minimum Gasteiger partial charge on any atom is -0.372 e. The highest BCUT2D eigenvalue weighted by atomic mass is 35.5. The number of aliphatic hydroxyl groups is 1. The first kappa shape index (κ1) is 24.8. The van der Waals surface area contributed by atoms with Gasteiger partial charge in [-0.25, -0.2) is 0 Å². The molecule has 0 spiro atoms. The Morgan fingerprint density at radius 2 is 1.75 bits per heavy atom. The Morgan fingerprint density at radius 3 is 2.38 bits per heavy atom. The average molecular weight is 500 g/mol. The summed E-state index contributed by atoms with van der Waals surface area (Å²) in [5.41, 5.74) is 4.43. The van der Waals surface area contributed by atoms with Gasteiger partial charge in [0, 0.05) is 61.0 Å². The molecule has 0 aromatic heterocycles. The lowest BCUT2D eigenvalue weighted by molar-refractivity contribution is -0.132. The molecule has 0 aliphatic carbocycles. The Bertz CT molecular complexity index is 1040. The summed E-state index contributed by atoms with van der Waals surface area (Å²) in [6, 6.07) is 9.53. The number of carbonyl (C=O) groups is 2. The van der Waals surface area contributed by atoms with Crippen LogP contribution in [0.2, 0.25) is 10.0 Å². The van der Waals surface area contributed by atoms with Crippen molar-refractivity contribution in [3.63, 3.8) is 0 Å². The Labute approximate surface area is 203 Å². The lowest BCUT2D eigenvalue weighted by Gasteiger charge is -2.33. The summed E-state index contributed by atoms with van der Waals surface area (Å²) in [7, 11) is 2.08. The molecule has 1 fully saturated rings. The van der Waals surface area contributed by atoms with Crippen LogP contribution in [0, 0.1) is 0 Å². The number of halogens is 3. The lowest BCUT2D eigenvalue weighted by atomic mass is 9.87. The fourth-order valence-corrected chi connectivity index (χ4v) is 4.88. The third kappa shape index (κ3) is 4.21. The number of anilines is 1. The molecule has 1 saturated heterocycles. The number of amides is 2. The molecule has 0 saturated carbocycles. The molecule has 0 bridgehead atoms. The third-order valence-corrected chi connectivity index (χ3v) is 6.69. The number of hydrogen-bond donors (Lipinski definition) is 2. The quantitative estimate of drug-likeness (QED) is 0.659. The van der Waals surface area contributed by atoms with Gasteiger partial charge in [0.2, 0.25) is 5.91 Å². The first-order chi connectivity index (χ1) is 14.7.